The Morgan fingerprint density at radius 3 is 2.93 bits per heavy atom. The molecule has 10 heteroatoms. The van der Waals surface area contributed by atoms with Crippen LogP contribution in [0.1, 0.15) is 5.56 Å². The number of carbonyl (C=O) groups excluding carboxylic acids is 1. The molecule has 0 saturated carbocycles. The first-order chi connectivity index (χ1) is 14.4. The van der Waals surface area contributed by atoms with Crippen LogP contribution in [0.5, 0.6) is 0 Å². The SMILES string of the molecule is CNc1nc2[nH]c(-c3ccc(F)c(CNC(=O)[C@@H](N)CO)c3)cc2c2c1ncn2C. The second-order valence-corrected chi connectivity index (χ2v) is 7.02. The summed E-state index contributed by atoms with van der Waals surface area (Å²) in [7, 11) is 3.70. The minimum absolute atomic E-state index is 0.0411. The summed E-state index contributed by atoms with van der Waals surface area (Å²) >= 11 is 0. The highest BCUT2D eigenvalue weighted by atomic mass is 19.1. The molecular formula is C20H22FN7O2. The van der Waals surface area contributed by atoms with Crippen LogP contribution in [0.2, 0.25) is 0 Å². The Morgan fingerprint density at radius 2 is 2.20 bits per heavy atom. The normalized spacial score (nSPS) is 12.4. The topological polar surface area (TPSA) is 134 Å². The molecule has 0 unspecified atom stereocenters. The molecule has 0 spiro atoms. The summed E-state index contributed by atoms with van der Waals surface area (Å²) in [5.74, 6) is -0.332. The Balaban J connectivity index is 1.73. The minimum atomic E-state index is -1.04. The number of benzene rings is 1. The van der Waals surface area contributed by atoms with Gasteiger partial charge in [-0.25, -0.2) is 14.4 Å². The molecule has 30 heavy (non-hydrogen) atoms. The monoisotopic (exact) mass is 411 g/mol. The number of imidazole rings is 1. The number of nitrogens with zero attached hydrogens (tertiary/aromatic N) is 3. The Kier molecular flexibility index (Phi) is 5.10. The van der Waals surface area contributed by atoms with E-state index in [-0.39, 0.29) is 6.54 Å². The zero-order valence-electron chi connectivity index (χ0n) is 16.5. The van der Waals surface area contributed by atoms with Crippen LogP contribution in [0, 0.1) is 5.82 Å². The van der Waals surface area contributed by atoms with Crippen molar-refractivity contribution in [1.82, 2.24) is 24.8 Å². The van der Waals surface area contributed by atoms with Gasteiger partial charge in [-0.05, 0) is 29.8 Å². The quantitative estimate of drug-likeness (QED) is 0.324. The summed E-state index contributed by atoms with van der Waals surface area (Å²) in [6.07, 6.45) is 1.73. The van der Waals surface area contributed by atoms with E-state index in [1.165, 1.54) is 6.07 Å². The number of hydrogen-bond acceptors (Lipinski definition) is 6. The van der Waals surface area contributed by atoms with E-state index >= 15 is 0 Å². The van der Waals surface area contributed by atoms with E-state index in [0.29, 0.717) is 17.0 Å². The highest BCUT2D eigenvalue weighted by Crippen LogP contribution is 2.32. The molecule has 0 saturated heterocycles. The lowest BCUT2D eigenvalue weighted by molar-refractivity contribution is -0.123. The van der Waals surface area contributed by atoms with Crippen molar-refractivity contribution in [2.75, 3.05) is 19.0 Å². The second kappa shape index (κ2) is 7.73. The first kappa shape index (κ1) is 19.8. The lowest BCUT2D eigenvalue weighted by Crippen LogP contribution is -2.42. The highest BCUT2D eigenvalue weighted by molar-refractivity contribution is 6.07. The molecule has 0 aliphatic carbocycles. The number of aliphatic hydroxyl groups is 1. The predicted octanol–water partition coefficient (Wildman–Crippen LogP) is 1.23. The molecule has 4 aromatic rings. The van der Waals surface area contributed by atoms with E-state index in [1.54, 1.807) is 25.5 Å². The molecule has 3 aromatic heterocycles. The number of halogens is 1. The number of anilines is 1. The zero-order chi connectivity index (χ0) is 21.4. The Bertz CT molecular complexity index is 1250. The highest BCUT2D eigenvalue weighted by Gasteiger charge is 2.16. The Hall–Kier alpha value is -3.50. The number of hydrogen-bond donors (Lipinski definition) is 5. The van der Waals surface area contributed by atoms with E-state index in [0.717, 1.165) is 27.7 Å². The van der Waals surface area contributed by atoms with Crippen molar-refractivity contribution in [3.63, 3.8) is 0 Å². The molecule has 9 nitrogen and oxygen atoms in total. The maximum atomic E-state index is 14.3. The van der Waals surface area contributed by atoms with Gasteiger partial charge < -0.3 is 31.0 Å². The van der Waals surface area contributed by atoms with Crippen molar-refractivity contribution in [2.45, 2.75) is 12.6 Å². The van der Waals surface area contributed by atoms with Crippen LogP contribution in [-0.4, -0.2) is 50.2 Å². The van der Waals surface area contributed by atoms with Crippen LogP contribution in [0.4, 0.5) is 10.2 Å². The lowest BCUT2D eigenvalue weighted by atomic mass is 10.1. The van der Waals surface area contributed by atoms with E-state index in [1.807, 2.05) is 17.7 Å². The summed E-state index contributed by atoms with van der Waals surface area (Å²) < 4.78 is 16.2. The molecule has 4 rings (SSSR count). The number of amides is 1. The first-order valence-corrected chi connectivity index (χ1v) is 9.37. The molecule has 1 amide bonds. The fraction of sp³-hybridized carbons (Fsp3) is 0.250. The number of nitrogens with two attached hydrogens (primary N) is 1. The van der Waals surface area contributed by atoms with Gasteiger partial charge in [-0.1, -0.05) is 0 Å². The van der Waals surface area contributed by atoms with Gasteiger partial charge in [0.25, 0.3) is 0 Å². The van der Waals surface area contributed by atoms with Crippen molar-refractivity contribution in [2.24, 2.45) is 12.8 Å². The standard InChI is InChI=1S/C20H22FN7O2/c1-23-19-16-17(28(2)9-25-16)12-6-15(26-18(12)27-19)10-3-4-13(21)11(5-10)7-24-20(30)14(22)8-29/h3-6,9,14,29H,7-8,22H2,1-2H3,(H,24,30)(H2,23,26,27)/t14-/m0/s1. The molecule has 1 atom stereocenters. The number of aryl methyl sites for hydroxylation is 1. The van der Waals surface area contributed by atoms with Gasteiger partial charge in [-0.3, -0.25) is 4.79 Å². The third kappa shape index (κ3) is 3.36. The van der Waals surface area contributed by atoms with Crippen molar-refractivity contribution >= 4 is 33.8 Å². The first-order valence-electron chi connectivity index (χ1n) is 9.37. The van der Waals surface area contributed by atoms with Gasteiger partial charge in [-0.15, -0.1) is 0 Å². The van der Waals surface area contributed by atoms with E-state index in [9.17, 15) is 9.18 Å². The number of rotatable bonds is 6. The zero-order valence-corrected chi connectivity index (χ0v) is 16.5. The Morgan fingerprint density at radius 1 is 1.40 bits per heavy atom. The summed E-state index contributed by atoms with van der Waals surface area (Å²) in [6, 6.07) is 5.57. The lowest BCUT2D eigenvalue weighted by Gasteiger charge is -2.11. The van der Waals surface area contributed by atoms with Gasteiger partial charge in [0.05, 0.1) is 18.5 Å². The maximum absolute atomic E-state index is 14.3. The number of nitrogens with one attached hydrogen (secondary N) is 3. The van der Waals surface area contributed by atoms with Crippen LogP contribution in [0.25, 0.3) is 33.3 Å². The molecule has 0 aliphatic heterocycles. The van der Waals surface area contributed by atoms with Crippen LogP contribution in [0.15, 0.2) is 30.6 Å². The number of fused-ring (bicyclic) bond motifs is 3. The van der Waals surface area contributed by atoms with Gasteiger partial charge in [0.15, 0.2) is 5.82 Å². The minimum Gasteiger partial charge on any atom is -0.394 e. The molecule has 1 aromatic carbocycles. The van der Waals surface area contributed by atoms with Gasteiger partial charge in [0, 0.05) is 37.3 Å². The van der Waals surface area contributed by atoms with E-state index < -0.39 is 24.4 Å². The number of pyridine rings is 1. The smallest absolute Gasteiger partial charge is 0.239 e. The second-order valence-electron chi connectivity index (χ2n) is 7.02. The summed E-state index contributed by atoms with van der Waals surface area (Å²) in [5, 5.41) is 15.4. The predicted molar refractivity (Wildman–Crippen MR) is 112 cm³/mol. The molecule has 0 bridgehead atoms. The molecular weight excluding hydrogens is 389 g/mol. The molecule has 3 heterocycles. The summed E-state index contributed by atoms with van der Waals surface area (Å²) in [6.45, 7) is -0.520. The van der Waals surface area contributed by atoms with Gasteiger partial charge >= 0.3 is 0 Å². The van der Waals surface area contributed by atoms with E-state index in [4.69, 9.17) is 10.8 Å². The molecule has 0 aliphatic rings. The molecule has 6 N–H and O–H groups in total. The Labute approximate surface area is 171 Å². The van der Waals surface area contributed by atoms with Crippen molar-refractivity contribution in [1.29, 1.82) is 0 Å². The fourth-order valence-electron chi connectivity index (χ4n) is 3.40. The fourth-order valence-corrected chi connectivity index (χ4v) is 3.40. The van der Waals surface area contributed by atoms with Gasteiger partial charge in [0.1, 0.15) is 23.0 Å². The van der Waals surface area contributed by atoms with Gasteiger partial charge in [-0.2, -0.15) is 0 Å². The molecule has 0 fully saturated rings. The van der Waals surface area contributed by atoms with Crippen LogP contribution >= 0.6 is 0 Å². The number of H-pyrrole nitrogens is 1. The molecule has 156 valence electrons. The van der Waals surface area contributed by atoms with Crippen molar-refractivity contribution in [3.8, 4) is 11.3 Å². The number of aliphatic hydroxyl groups excluding tert-OH is 1. The van der Waals surface area contributed by atoms with Gasteiger partial charge in [0.2, 0.25) is 5.91 Å². The average Bonchev–Trinajstić information content (AvgIpc) is 3.35. The largest absolute Gasteiger partial charge is 0.394 e. The number of aromatic amines is 1. The maximum Gasteiger partial charge on any atom is 0.239 e. The van der Waals surface area contributed by atoms with E-state index in [2.05, 4.69) is 25.6 Å². The van der Waals surface area contributed by atoms with Crippen LogP contribution in [-0.2, 0) is 18.4 Å². The third-order valence-electron chi connectivity index (χ3n) is 5.02. The average molecular weight is 411 g/mol. The summed E-state index contributed by atoms with van der Waals surface area (Å²) in [5.41, 5.74) is 9.65. The molecule has 0 radical (unpaired) electrons. The van der Waals surface area contributed by atoms with Crippen molar-refractivity contribution in [3.05, 3.63) is 42.0 Å². The number of aromatic nitrogens is 4. The van der Waals surface area contributed by atoms with Crippen molar-refractivity contribution < 1.29 is 14.3 Å². The summed E-state index contributed by atoms with van der Waals surface area (Å²) in [4.78, 5) is 24.1. The third-order valence-corrected chi connectivity index (χ3v) is 5.02. The van der Waals surface area contributed by atoms with Crippen LogP contribution in [0.3, 0.4) is 0 Å². The number of carbonyl (C=O) groups is 1. The van der Waals surface area contributed by atoms with Crippen LogP contribution < -0.4 is 16.4 Å².